The van der Waals surface area contributed by atoms with Gasteiger partial charge in [-0.25, -0.2) is 8.42 Å². The Morgan fingerprint density at radius 2 is 2.00 bits per heavy atom. The van der Waals surface area contributed by atoms with Gasteiger partial charge in [0.2, 0.25) is 0 Å². The van der Waals surface area contributed by atoms with Gasteiger partial charge in [0.15, 0.2) is 0 Å². The maximum absolute atomic E-state index is 10.8. The van der Waals surface area contributed by atoms with Crippen LogP contribution in [-0.2, 0) is 9.84 Å². The van der Waals surface area contributed by atoms with Gasteiger partial charge in [0.25, 0.3) is 0 Å². The number of sulfone groups is 1. The minimum atomic E-state index is -2.81. The second-order valence-corrected chi connectivity index (χ2v) is 6.71. The van der Waals surface area contributed by atoms with E-state index in [4.69, 9.17) is 11.1 Å². The third-order valence-electron chi connectivity index (χ3n) is 1.58. The molecule has 14 heavy (non-hydrogen) atoms. The van der Waals surface area contributed by atoms with Gasteiger partial charge in [-0.05, 0) is 18.6 Å². The Morgan fingerprint density at radius 3 is 2.50 bits per heavy atom. The molecule has 0 heterocycles. The highest BCUT2D eigenvalue weighted by molar-refractivity contribution is 8.00. The lowest BCUT2D eigenvalue weighted by Gasteiger charge is -2.00. The second-order valence-electron chi connectivity index (χ2n) is 3.22. The van der Waals surface area contributed by atoms with Crippen molar-refractivity contribution in [2.75, 3.05) is 23.5 Å². The van der Waals surface area contributed by atoms with E-state index < -0.39 is 9.84 Å². The van der Waals surface area contributed by atoms with E-state index in [1.54, 1.807) is 11.8 Å². The summed E-state index contributed by atoms with van der Waals surface area (Å²) in [4.78, 5) is 0. The number of amidine groups is 1. The van der Waals surface area contributed by atoms with Crippen LogP contribution in [0.2, 0.25) is 0 Å². The van der Waals surface area contributed by atoms with Gasteiger partial charge in [-0.1, -0.05) is 0 Å². The van der Waals surface area contributed by atoms with Gasteiger partial charge < -0.3 is 5.73 Å². The number of nitrogens with two attached hydrogens (primary N) is 1. The fourth-order valence-corrected chi connectivity index (χ4v) is 3.13. The molecule has 0 aliphatic heterocycles. The second kappa shape index (κ2) is 7.11. The zero-order chi connectivity index (χ0) is 11.0. The summed E-state index contributed by atoms with van der Waals surface area (Å²) in [6, 6.07) is 0. The van der Waals surface area contributed by atoms with E-state index in [2.05, 4.69) is 0 Å². The Kier molecular flexibility index (Phi) is 7.00. The molecule has 0 amide bonds. The number of rotatable bonds is 8. The fourth-order valence-electron chi connectivity index (χ4n) is 0.832. The summed E-state index contributed by atoms with van der Waals surface area (Å²) in [5.41, 5.74) is 5.19. The van der Waals surface area contributed by atoms with Gasteiger partial charge in [0.05, 0.1) is 11.6 Å². The van der Waals surface area contributed by atoms with Crippen LogP contribution in [0.15, 0.2) is 0 Å². The Labute approximate surface area is 90.1 Å². The number of nitrogens with one attached hydrogen (secondary N) is 1. The molecule has 0 saturated heterocycles. The molecule has 0 aliphatic rings. The molecular formula is C8H18N2O2S2. The van der Waals surface area contributed by atoms with Gasteiger partial charge in [-0.3, -0.25) is 5.41 Å². The van der Waals surface area contributed by atoms with Crippen molar-refractivity contribution in [1.29, 1.82) is 5.41 Å². The number of unbranched alkanes of at least 4 members (excludes halogenated alkanes) is 1. The normalized spacial score (nSPS) is 11.5. The maximum atomic E-state index is 10.8. The van der Waals surface area contributed by atoms with Crippen molar-refractivity contribution >= 4 is 27.4 Å². The first-order valence-corrected chi connectivity index (χ1v) is 7.72. The minimum Gasteiger partial charge on any atom is -0.388 e. The quantitative estimate of drug-likeness (QED) is 0.373. The van der Waals surface area contributed by atoms with Crippen molar-refractivity contribution in [3.05, 3.63) is 0 Å². The van der Waals surface area contributed by atoms with Crippen LogP contribution < -0.4 is 5.73 Å². The van der Waals surface area contributed by atoms with Gasteiger partial charge >= 0.3 is 0 Å². The molecule has 3 N–H and O–H groups in total. The maximum Gasteiger partial charge on any atom is 0.148 e. The van der Waals surface area contributed by atoms with E-state index in [1.165, 1.54) is 6.26 Å². The summed E-state index contributed by atoms with van der Waals surface area (Å²) in [6.07, 6.45) is 3.81. The molecule has 0 bridgehead atoms. The highest BCUT2D eigenvalue weighted by atomic mass is 32.2. The van der Waals surface area contributed by atoms with Crippen molar-refractivity contribution in [1.82, 2.24) is 0 Å². The molecule has 0 aromatic heterocycles. The van der Waals surface area contributed by atoms with Gasteiger partial charge in [0.1, 0.15) is 9.84 Å². The lowest BCUT2D eigenvalue weighted by atomic mass is 10.2. The Balaban J connectivity index is 3.19. The molecule has 84 valence electrons. The molecule has 4 nitrogen and oxygen atoms in total. The van der Waals surface area contributed by atoms with Crippen LogP contribution >= 0.6 is 11.8 Å². The Bertz CT molecular complexity index is 263. The molecular weight excluding hydrogens is 220 g/mol. The predicted molar refractivity (Wildman–Crippen MR) is 62.8 cm³/mol. The minimum absolute atomic E-state index is 0.228. The molecule has 6 heteroatoms. The van der Waals surface area contributed by atoms with Crippen LogP contribution in [0.5, 0.6) is 0 Å². The monoisotopic (exact) mass is 238 g/mol. The van der Waals surface area contributed by atoms with Crippen LogP contribution in [0.3, 0.4) is 0 Å². The summed E-state index contributed by atoms with van der Waals surface area (Å²) < 4.78 is 21.5. The van der Waals surface area contributed by atoms with Crippen LogP contribution in [0.1, 0.15) is 19.3 Å². The summed E-state index contributed by atoms with van der Waals surface area (Å²) >= 11 is 1.64. The van der Waals surface area contributed by atoms with Crippen molar-refractivity contribution < 1.29 is 8.42 Å². The average molecular weight is 238 g/mol. The standard InChI is InChI=1S/C8H18N2O2S2/c1-14(11,12)7-6-13-5-3-2-4-8(9)10/h2-7H2,1H3,(H3,9,10). The molecule has 0 radical (unpaired) electrons. The third-order valence-corrected chi connectivity index (χ3v) is 3.86. The van der Waals surface area contributed by atoms with E-state index in [0.29, 0.717) is 12.2 Å². The summed E-state index contributed by atoms with van der Waals surface area (Å²) in [5.74, 6) is 2.10. The van der Waals surface area contributed by atoms with Gasteiger partial charge in [-0.15, -0.1) is 0 Å². The largest absolute Gasteiger partial charge is 0.388 e. The smallest absolute Gasteiger partial charge is 0.148 e. The zero-order valence-electron chi connectivity index (χ0n) is 8.45. The SMILES string of the molecule is CS(=O)(=O)CCSCCCCC(=N)N. The van der Waals surface area contributed by atoms with Crippen LogP contribution in [-0.4, -0.2) is 37.8 Å². The molecule has 0 atom stereocenters. The number of thioether (sulfide) groups is 1. The fraction of sp³-hybridized carbons (Fsp3) is 0.875. The molecule has 0 spiro atoms. The van der Waals surface area contributed by atoms with E-state index in [1.807, 2.05) is 0 Å². The van der Waals surface area contributed by atoms with E-state index in [9.17, 15) is 8.42 Å². The van der Waals surface area contributed by atoms with Crippen molar-refractivity contribution in [2.45, 2.75) is 19.3 Å². The van der Waals surface area contributed by atoms with Crippen LogP contribution in [0.25, 0.3) is 0 Å². The summed E-state index contributed by atoms with van der Waals surface area (Å²) in [6.45, 7) is 0. The summed E-state index contributed by atoms with van der Waals surface area (Å²) in [7, 11) is -2.81. The number of hydrogen-bond donors (Lipinski definition) is 2. The summed E-state index contributed by atoms with van der Waals surface area (Å²) in [5, 5.41) is 6.98. The molecule has 0 aliphatic carbocycles. The molecule has 0 unspecified atom stereocenters. The molecule has 0 aromatic carbocycles. The molecule has 0 aromatic rings. The molecule has 0 fully saturated rings. The van der Waals surface area contributed by atoms with E-state index in [-0.39, 0.29) is 11.6 Å². The molecule has 0 rings (SSSR count). The highest BCUT2D eigenvalue weighted by Crippen LogP contribution is 2.06. The van der Waals surface area contributed by atoms with Crippen LogP contribution in [0, 0.1) is 5.41 Å². The van der Waals surface area contributed by atoms with Crippen molar-refractivity contribution in [3.8, 4) is 0 Å². The average Bonchev–Trinajstić information content (AvgIpc) is 2.00. The Hall–Kier alpha value is -0.230. The van der Waals surface area contributed by atoms with Crippen LogP contribution in [0.4, 0.5) is 0 Å². The highest BCUT2D eigenvalue weighted by Gasteiger charge is 2.00. The lowest BCUT2D eigenvalue weighted by Crippen LogP contribution is -2.09. The Morgan fingerprint density at radius 1 is 1.36 bits per heavy atom. The topological polar surface area (TPSA) is 84.0 Å². The van der Waals surface area contributed by atoms with E-state index >= 15 is 0 Å². The molecule has 0 saturated carbocycles. The van der Waals surface area contributed by atoms with Crippen molar-refractivity contribution in [3.63, 3.8) is 0 Å². The first-order chi connectivity index (χ1) is 6.42. The van der Waals surface area contributed by atoms with Gasteiger partial charge in [0, 0.05) is 18.4 Å². The first-order valence-electron chi connectivity index (χ1n) is 4.50. The van der Waals surface area contributed by atoms with Crippen molar-refractivity contribution in [2.24, 2.45) is 5.73 Å². The first kappa shape index (κ1) is 13.8. The van der Waals surface area contributed by atoms with Gasteiger partial charge in [-0.2, -0.15) is 11.8 Å². The lowest BCUT2D eigenvalue weighted by molar-refractivity contribution is 0.603. The third kappa shape index (κ3) is 11.8. The van der Waals surface area contributed by atoms with E-state index in [0.717, 1.165) is 18.6 Å². The predicted octanol–water partition coefficient (Wildman–Crippen LogP) is 0.870. The number of hydrogen-bond acceptors (Lipinski definition) is 4. The zero-order valence-corrected chi connectivity index (χ0v) is 10.1.